The van der Waals surface area contributed by atoms with Crippen molar-refractivity contribution >= 4 is 70.4 Å². The van der Waals surface area contributed by atoms with Gasteiger partial charge in [-0.25, -0.2) is 0 Å². The number of allylic oxidation sites excluding steroid dienone is 7. The van der Waals surface area contributed by atoms with Gasteiger partial charge in [0.25, 0.3) is 0 Å². The van der Waals surface area contributed by atoms with E-state index in [1.807, 2.05) is 11.3 Å². The molecule has 4 aliphatic carbocycles. The monoisotopic (exact) mass is 834 g/mol. The minimum atomic E-state index is -0.311. The summed E-state index contributed by atoms with van der Waals surface area (Å²) in [6, 6.07) is 68.4. The Hall–Kier alpha value is -7.46. The summed E-state index contributed by atoms with van der Waals surface area (Å²) in [4.78, 5) is 2.51. The second kappa shape index (κ2) is 13.8. The van der Waals surface area contributed by atoms with Crippen LogP contribution in [0.3, 0.4) is 0 Å². The lowest BCUT2D eigenvalue weighted by atomic mass is 9.65. The number of anilines is 2. The maximum atomic E-state index is 2.62. The number of rotatable bonds is 5. The van der Waals surface area contributed by atoms with Gasteiger partial charge in [0, 0.05) is 65.5 Å². The molecule has 8 aromatic carbocycles. The molecule has 0 aliphatic heterocycles. The average molecular weight is 835 g/mol. The zero-order valence-electron chi connectivity index (χ0n) is 35.2. The van der Waals surface area contributed by atoms with Crippen LogP contribution in [0.25, 0.3) is 69.9 Å². The molecule has 3 heteroatoms. The number of para-hydroxylation sites is 1. The van der Waals surface area contributed by atoms with E-state index in [0.29, 0.717) is 0 Å². The SMILES string of the molecule is C1=CC(n2c3ccccc3c3c4sc5ccc(N(C6=CC7C(C=C6)c6ccccc6C76c7ccccc7-c7ccccc76)c6ccc(-c7ccccc7)cc6)cc5c4ccc32)=CCC1. The van der Waals surface area contributed by atoms with Crippen LogP contribution < -0.4 is 4.90 Å². The highest BCUT2D eigenvalue weighted by molar-refractivity contribution is 7.26. The molecule has 2 atom stereocenters. The summed E-state index contributed by atoms with van der Waals surface area (Å²) in [6.07, 6.45) is 16.7. The predicted octanol–water partition coefficient (Wildman–Crippen LogP) is 16.3. The van der Waals surface area contributed by atoms with Crippen molar-refractivity contribution in [2.75, 3.05) is 4.90 Å². The summed E-state index contributed by atoms with van der Waals surface area (Å²) in [6.45, 7) is 0. The van der Waals surface area contributed by atoms with E-state index in [1.54, 1.807) is 0 Å². The number of hydrogen-bond acceptors (Lipinski definition) is 2. The Kier molecular flexibility index (Phi) is 7.76. The van der Waals surface area contributed by atoms with Gasteiger partial charge in [0.05, 0.1) is 16.4 Å². The largest absolute Gasteiger partial charge is 0.311 e. The summed E-state index contributed by atoms with van der Waals surface area (Å²) in [5.74, 6) is 0.417. The van der Waals surface area contributed by atoms with E-state index in [4.69, 9.17) is 0 Å². The van der Waals surface area contributed by atoms with Crippen LogP contribution >= 0.6 is 11.3 Å². The number of fused-ring (bicyclic) bond motifs is 17. The minimum Gasteiger partial charge on any atom is -0.311 e. The maximum Gasteiger partial charge on any atom is 0.0555 e. The lowest BCUT2D eigenvalue weighted by Crippen LogP contribution is -2.34. The number of benzene rings is 8. The topological polar surface area (TPSA) is 8.17 Å². The van der Waals surface area contributed by atoms with Crippen LogP contribution in [0.2, 0.25) is 0 Å². The first-order valence-electron chi connectivity index (χ1n) is 22.7. The highest BCUT2D eigenvalue weighted by Gasteiger charge is 2.57. The molecule has 0 fully saturated rings. The normalized spacial score (nSPS) is 17.8. The Bertz CT molecular complexity index is 3640. The molecule has 2 heterocycles. The van der Waals surface area contributed by atoms with Crippen molar-refractivity contribution in [2.45, 2.75) is 24.2 Å². The van der Waals surface area contributed by atoms with Crippen LogP contribution in [0.4, 0.5) is 11.4 Å². The standard InChI is InChI=1S/C61H42N2S/c1-3-15-39(16-4-1)40-27-29-42(30-28-40)62(44-31-33-48-47-21-9-13-25-54(47)61(55(48)38-44)52-23-11-7-19-45(52)46-20-8-12-24-53(46)61)43-32-36-58-51(37-43)49-34-35-57-59(60(49)64-58)50-22-10-14-26-56(50)63(57)41-17-5-2-6-18-41/h1,3-5,7-38,48,55H,2,6H2. The molecule has 2 nitrogen and oxygen atoms in total. The molecule has 0 radical (unpaired) electrons. The molecule has 2 aromatic heterocycles. The van der Waals surface area contributed by atoms with Crippen molar-refractivity contribution in [2.24, 2.45) is 5.92 Å². The highest BCUT2D eigenvalue weighted by Crippen LogP contribution is 2.65. The molecular weight excluding hydrogens is 793 g/mol. The van der Waals surface area contributed by atoms with Crippen LogP contribution in [0.15, 0.2) is 224 Å². The van der Waals surface area contributed by atoms with Crippen molar-refractivity contribution < 1.29 is 0 Å². The Morgan fingerprint density at radius 1 is 0.547 bits per heavy atom. The Morgan fingerprint density at radius 3 is 2.05 bits per heavy atom. The molecule has 4 aliphatic rings. The third-order valence-electron chi connectivity index (χ3n) is 14.7. The second-order valence-electron chi connectivity index (χ2n) is 17.8. The van der Waals surface area contributed by atoms with Gasteiger partial charge in [0.15, 0.2) is 0 Å². The lowest BCUT2D eigenvalue weighted by Gasteiger charge is -2.38. The molecule has 14 rings (SSSR count). The van der Waals surface area contributed by atoms with E-state index in [2.05, 4.69) is 228 Å². The Balaban J connectivity index is 0.979. The minimum absolute atomic E-state index is 0.172. The van der Waals surface area contributed by atoms with Crippen LogP contribution in [0.1, 0.15) is 41.0 Å². The molecular formula is C61H42N2S. The van der Waals surface area contributed by atoms with E-state index in [0.717, 1.165) is 24.2 Å². The summed E-state index contributed by atoms with van der Waals surface area (Å²) in [5.41, 5.74) is 17.8. The Morgan fingerprint density at radius 2 is 1.25 bits per heavy atom. The second-order valence-corrected chi connectivity index (χ2v) is 18.9. The molecule has 0 saturated heterocycles. The number of nitrogens with zero attached hydrogens (tertiary/aromatic N) is 2. The molecule has 10 aromatic rings. The summed E-state index contributed by atoms with van der Waals surface area (Å²) < 4.78 is 5.13. The van der Waals surface area contributed by atoms with Crippen LogP contribution in [-0.4, -0.2) is 4.57 Å². The molecule has 64 heavy (non-hydrogen) atoms. The van der Waals surface area contributed by atoms with Gasteiger partial charge in [0.1, 0.15) is 0 Å². The fourth-order valence-electron chi connectivity index (χ4n) is 12.1. The van der Waals surface area contributed by atoms with Crippen molar-refractivity contribution in [1.29, 1.82) is 0 Å². The molecule has 2 unspecified atom stereocenters. The van der Waals surface area contributed by atoms with Crippen molar-refractivity contribution in [1.82, 2.24) is 4.57 Å². The van der Waals surface area contributed by atoms with E-state index in [1.165, 1.54) is 97.9 Å². The van der Waals surface area contributed by atoms with Crippen LogP contribution in [0.5, 0.6) is 0 Å². The fraction of sp³-hybridized carbons (Fsp3) is 0.0820. The van der Waals surface area contributed by atoms with Gasteiger partial charge in [-0.15, -0.1) is 11.3 Å². The predicted molar refractivity (Wildman–Crippen MR) is 271 cm³/mol. The maximum absolute atomic E-state index is 2.62. The third kappa shape index (κ3) is 4.96. The first-order chi connectivity index (χ1) is 31.8. The highest BCUT2D eigenvalue weighted by atomic mass is 32.1. The van der Waals surface area contributed by atoms with Crippen LogP contribution in [0, 0.1) is 5.92 Å². The molecule has 0 bridgehead atoms. The van der Waals surface area contributed by atoms with Gasteiger partial charge in [-0.1, -0.05) is 164 Å². The van der Waals surface area contributed by atoms with Crippen molar-refractivity contribution in [3.05, 3.63) is 246 Å². The van der Waals surface area contributed by atoms with E-state index < -0.39 is 0 Å². The average Bonchev–Trinajstić information content (AvgIpc) is 4.08. The zero-order chi connectivity index (χ0) is 41.9. The Labute approximate surface area is 376 Å². The van der Waals surface area contributed by atoms with Gasteiger partial charge < -0.3 is 9.47 Å². The smallest absolute Gasteiger partial charge is 0.0555 e. The molecule has 0 amide bonds. The summed E-state index contributed by atoms with van der Waals surface area (Å²) >= 11 is 1.92. The number of hydrogen-bond donors (Lipinski definition) is 0. The number of aromatic nitrogens is 1. The van der Waals surface area contributed by atoms with Crippen molar-refractivity contribution in [3.63, 3.8) is 0 Å². The van der Waals surface area contributed by atoms with Gasteiger partial charge >= 0.3 is 0 Å². The fourth-order valence-corrected chi connectivity index (χ4v) is 13.3. The zero-order valence-corrected chi connectivity index (χ0v) is 36.0. The van der Waals surface area contributed by atoms with Crippen molar-refractivity contribution in [3.8, 4) is 22.3 Å². The molecule has 1 spiro atoms. The van der Waals surface area contributed by atoms with E-state index in [9.17, 15) is 0 Å². The van der Waals surface area contributed by atoms with Crippen LogP contribution in [-0.2, 0) is 5.41 Å². The van der Waals surface area contributed by atoms with Gasteiger partial charge in [0.2, 0.25) is 0 Å². The summed E-state index contributed by atoms with van der Waals surface area (Å²) in [5, 5.41) is 5.25. The lowest BCUT2D eigenvalue weighted by molar-refractivity contribution is 0.462. The third-order valence-corrected chi connectivity index (χ3v) is 15.9. The number of thiophene rings is 1. The van der Waals surface area contributed by atoms with E-state index in [-0.39, 0.29) is 17.3 Å². The molecule has 0 N–H and O–H groups in total. The quantitative estimate of drug-likeness (QED) is 0.168. The summed E-state index contributed by atoms with van der Waals surface area (Å²) in [7, 11) is 0. The molecule has 302 valence electrons. The van der Waals surface area contributed by atoms with Gasteiger partial charge in [-0.2, -0.15) is 0 Å². The van der Waals surface area contributed by atoms with Gasteiger partial charge in [-0.05, 0) is 112 Å². The van der Waals surface area contributed by atoms with E-state index >= 15 is 0 Å². The van der Waals surface area contributed by atoms with Gasteiger partial charge in [-0.3, -0.25) is 0 Å². The first-order valence-corrected chi connectivity index (χ1v) is 23.5. The first kappa shape index (κ1) is 36.1. The molecule has 0 saturated carbocycles.